The molecule has 4 nitrogen and oxygen atoms in total. The SMILES string of the molecule is O=c1[nH]c(CNCCC2CC2)nc2cc(Cl)ccc12. The lowest BCUT2D eigenvalue weighted by molar-refractivity contribution is 0.599. The van der Waals surface area contributed by atoms with Gasteiger partial charge in [-0.3, -0.25) is 4.79 Å². The van der Waals surface area contributed by atoms with Crippen molar-refractivity contribution >= 4 is 22.5 Å². The Morgan fingerprint density at radius 3 is 3.05 bits per heavy atom. The highest BCUT2D eigenvalue weighted by atomic mass is 35.5. The van der Waals surface area contributed by atoms with Crippen molar-refractivity contribution in [2.24, 2.45) is 5.92 Å². The lowest BCUT2D eigenvalue weighted by atomic mass is 10.2. The molecule has 19 heavy (non-hydrogen) atoms. The molecule has 1 aliphatic rings. The molecule has 1 heterocycles. The van der Waals surface area contributed by atoms with Crippen molar-refractivity contribution in [1.29, 1.82) is 0 Å². The van der Waals surface area contributed by atoms with Crippen LogP contribution in [-0.4, -0.2) is 16.5 Å². The van der Waals surface area contributed by atoms with E-state index in [2.05, 4.69) is 15.3 Å². The molecular formula is C14H16ClN3O. The largest absolute Gasteiger partial charge is 0.310 e. The van der Waals surface area contributed by atoms with Gasteiger partial charge in [-0.05, 0) is 37.1 Å². The van der Waals surface area contributed by atoms with Gasteiger partial charge in [0.15, 0.2) is 0 Å². The Kier molecular flexibility index (Phi) is 3.53. The fourth-order valence-electron chi connectivity index (χ4n) is 2.16. The van der Waals surface area contributed by atoms with Gasteiger partial charge < -0.3 is 10.3 Å². The van der Waals surface area contributed by atoms with Gasteiger partial charge in [0.25, 0.3) is 5.56 Å². The molecule has 0 aliphatic heterocycles. The predicted octanol–water partition coefficient (Wildman–Crippen LogP) is 2.47. The quantitative estimate of drug-likeness (QED) is 0.826. The molecule has 0 atom stereocenters. The van der Waals surface area contributed by atoms with Crippen molar-refractivity contribution in [3.05, 3.63) is 39.4 Å². The van der Waals surface area contributed by atoms with Crippen LogP contribution in [0.25, 0.3) is 10.9 Å². The summed E-state index contributed by atoms with van der Waals surface area (Å²) in [7, 11) is 0. The molecular weight excluding hydrogens is 262 g/mol. The van der Waals surface area contributed by atoms with E-state index in [1.807, 2.05) is 0 Å². The number of aromatic nitrogens is 2. The topological polar surface area (TPSA) is 57.8 Å². The number of hydrogen-bond acceptors (Lipinski definition) is 3. The van der Waals surface area contributed by atoms with Gasteiger partial charge in [-0.1, -0.05) is 24.4 Å². The summed E-state index contributed by atoms with van der Waals surface area (Å²) in [6.07, 6.45) is 3.94. The summed E-state index contributed by atoms with van der Waals surface area (Å²) in [5, 5.41) is 4.48. The zero-order chi connectivity index (χ0) is 13.2. The van der Waals surface area contributed by atoms with Gasteiger partial charge in [0.1, 0.15) is 5.82 Å². The average Bonchev–Trinajstić information content (AvgIpc) is 3.18. The third kappa shape index (κ3) is 3.14. The highest BCUT2D eigenvalue weighted by Crippen LogP contribution is 2.31. The monoisotopic (exact) mass is 277 g/mol. The molecule has 5 heteroatoms. The van der Waals surface area contributed by atoms with Gasteiger partial charge in [-0.25, -0.2) is 4.98 Å². The average molecular weight is 278 g/mol. The molecule has 2 N–H and O–H groups in total. The van der Waals surface area contributed by atoms with E-state index in [1.165, 1.54) is 19.3 Å². The maximum absolute atomic E-state index is 11.9. The summed E-state index contributed by atoms with van der Waals surface area (Å²) >= 11 is 5.92. The van der Waals surface area contributed by atoms with Crippen LogP contribution in [0.4, 0.5) is 0 Å². The Morgan fingerprint density at radius 2 is 2.26 bits per heavy atom. The molecule has 0 amide bonds. The Labute approximate surface area is 116 Å². The Hall–Kier alpha value is -1.39. The minimum atomic E-state index is -0.111. The summed E-state index contributed by atoms with van der Waals surface area (Å²) in [4.78, 5) is 19.1. The van der Waals surface area contributed by atoms with Gasteiger partial charge in [0.2, 0.25) is 0 Å². The van der Waals surface area contributed by atoms with Crippen LogP contribution >= 0.6 is 11.6 Å². The normalized spacial score (nSPS) is 15.0. The minimum absolute atomic E-state index is 0.111. The lowest BCUT2D eigenvalue weighted by Crippen LogP contribution is -2.20. The number of benzene rings is 1. The van der Waals surface area contributed by atoms with Crippen LogP contribution in [0.2, 0.25) is 5.02 Å². The molecule has 0 unspecified atom stereocenters. The highest BCUT2D eigenvalue weighted by Gasteiger charge is 2.19. The van der Waals surface area contributed by atoms with Crippen LogP contribution in [0.1, 0.15) is 25.1 Å². The van der Waals surface area contributed by atoms with Crippen molar-refractivity contribution in [2.75, 3.05) is 6.54 Å². The summed E-state index contributed by atoms with van der Waals surface area (Å²) in [5.74, 6) is 1.57. The molecule has 0 bridgehead atoms. The van der Waals surface area contributed by atoms with Gasteiger partial charge in [-0.15, -0.1) is 0 Å². The fraction of sp³-hybridized carbons (Fsp3) is 0.429. The summed E-state index contributed by atoms with van der Waals surface area (Å²) < 4.78 is 0. The Bertz CT molecular complexity index is 649. The van der Waals surface area contributed by atoms with Crippen molar-refractivity contribution < 1.29 is 0 Å². The van der Waals surface area contributed by atoms with Crippen molar-refractivity contribution in [1.82, 2.24) is 15.3 Å². The first-order valence-corrected chi connectivity index (χ1v) is 6.99. The first-order valence-electron chi connectivity index (χ1n) is 6.61. The molecule has 2 aromatic rings. The first kappa shape index (κ1) is 12.6. The van der Waals surface area contributed by atoms with Crippen LogP contribution in [0.3, 0.4) is 0 Å². The second-order valence-corrected chi connectivity index (χ2v) is 5.52. The Morgan fingerprint density at radius 1 is 1.42 bits per heavy atom. The fourth-order valence-corrected chi connectivity index (χ4v) is 2.33. The molecule has 3 rings (SSSR count). The molecule has 1 fully saturated rings. The number of nitrogens with zero attached hydrogens (tertiary/aromatic N) is 1. The molecule has 1 aromatic heterocycles. The zero-order valence-electron chi connectivity index (χ0n) is 10.6. The van der Waals surface area contributed by atoms with E-state index in [0.29, 0.717) is 28.3 Å². The van der Waals surface area contributed by atoms with Gasteiger partial charge >= 0.3 is 0 Å². The van der Waals surface area contributed by atoms with Gasteiger partial charge in [-0.2, -0.15) is 0 Å². The zero-order valence-corrected chi connectivity index (χ0v) is 11.3. The van der Waals surface area contributed by atoms with E-state index in [1.54, 1.807) is 18.2 Å². The van der Waals surface area contributed by atoms with E-state index in [-0.39, 0.29) is 5.56 Å². The van der Waals surface area contributed by atoms with Crippen molar-refractivity contribution in [2.45, 2.75) is 25.8 Å². The van der Waals surface area contributed by atoms with E-state index in [4.69, 9.17) is 11.6 Å². The van der Waals surface area contributed by atoms with Crippen LogP contribution in [-0.2, 0) is 6.54 Å². The number of halogens is 1. The van der Waals surface area contributed by atoms with Crippen molar-refractivity contribution in [3.63, 3.8) is 0 Å². The third-order valence-corrected chi connectivity index (χ3v) is 3.67. The van der Waals surface area contributed by atoms with Crippen LogP contribution in [0, 0.1) is 5.92 Å². The van der Waals surface area contributed by atoms with E-state index in [0.717, 1.165) is 12.5 Å². The molecule has 1 aromatic carbocycles. The van der Waals surface area contributed by atoms with E-state index < -0.39 is 0 Å². The summed E-state index contributed by atoms with van der Waals surface area (Å²) in [6, 6.07) is 5.13. The molecule has 0 spiro atoms. The predicted molar refractivity (Wildman–Crippen MR) is 76.4 cm³/mol. The maximum atomic E-state index is 11.9. The number of rotatable bonds is 5. The minimum Gasteiger partial charge on any atom is -0.310 e. The van der Waals surface area contributed by atoms with Crippen LogP contribution in [0.15, 0.2) is 23.0 Å². The van der Waals surface area contributed by atoms with Gasteiger partial charge in [0, 0.05) is 5.02 Å². The number of fused-ring (bicyclic) bond motifs is 1. The second-order valence-electron chi connectivity index (χ2n) is 5.08. The number of hydrogen-bond donors (Lipinski definition) is 2. The number of aromatic amines is 1. The Balaban J connectivity index is 1.73. The number of nitrogens with one attached hydrogen (secondary N) is 2. The van der Waals surface area contributed by atoms with Crippen LogP contribution < -0.4 is 10.9 Å². The summed E-state index contributed by atoms with van der Waals surface area (Å²) in [5.41, 5.74) is 0.538. The molecule has 100 valence electrons. The number of H-pyrrole nitrogens is 1. The first-order chi connectivity index (χ1) is 9.22. The van der Waals surface area contributed by atoms with Crippen molar-refractivity contribution in [3.8, 4) is 0 Å². The van der Waals surface area contributed by atoms with E-state index in [9.17, 15) is 4.79 Å². The molecule has 0 saturated heterocycles. The standard InChI is InChI=1S/C14H16ClN3O/c15-10-3-4-11-12(7-10)17-13(18-14(11)19)8-16-6-5-9-1-2-9/h3-4,7,9,16H,1-2,5-6,8H2,(H,17,18,19). The van der Waals surface area contributed by atoms with E-state index >= 15 is 0 Å². The smallest absolute Gasteiger partial charge is 0.258 e. The highest BCUT2D eigenvalue weighted by molar-refractivity contribution is 6.31. The molecule has 1 aliphatic carbocycles. The molecule has 1 saturated carbocycles. The van der Waals surface area contributed by atoms with Gasteiger partial charge in [0.05, 0.1) is 17.4 Å². The second kappa shape index (κ2) is 5.31. The summed E-state index contributed by atoms with van der Waals surface area (Å²) in [6.45, 7) is 1.56. The lowest BCUT2D eigenvalue weighted by Gasteiger charge is -2.05. The molecule has 0 radical (unpaired) electrons. The van der Waals surface area contributed by atoms with Crippen LogP contribution in [0.5, 0.6) is 0 Å². The maximum Gasteiger partial charge on any atom is 0.258 e. The third-order valence-electron chi connectivity index (χ3n) is 3.44.